The molecule has 3 aromatic carbocycles. The van der Waals surface area contributed by atoms with E-state index in [9.17, 15) is 0 Å². The zero-order valence-corrected chi connectivity index (χ0v) is 14.0. The van der Waals surface area contributed by atoms with Gasteiger partial charge in [0.1, 0.15) is 12.4 Å². The van der Waals surface area contributed by atoms with Gasteiger partial charge in [-0.2, -0.15) is 0 Å². The number of ether oxygens (including phenoxy) is 2. The molecule has 0 aliphatic carbocycles. The molecule has 0 N–H and O–H groups in total. The van der Waals surface area contributed by atoms with E-state index in [0.29, 0.717) is 13.2 Å². The van der Waals surface area contributed by atoms with E-state index in [-0.39, 0.29) is 0 Å². The van der Waals surface area contributed by atoms with E-state index in [2.05, 4.69) is 0 Å². The van der Waals surface area contributed by atoms with Crippen molar-refractivity contribution in [3.05, 3.63) is 102 Å². The molecule has 3 heteroatoms. The molecule has 0 aromatic heterocycles. The normalized spacial score (nSPS) is 11.9. The summed E-state index contributed by atoms with van der Waals surface area (Å²) < 4.78 is 11.5. The lowest BCUT2D eigenvalue weighted by Gasteiger charge is -2.12. The van der Waals surface area contributed by atoms with Gasteiger partial charge in [-0.1, -0.05) is 84.4 Å². The molecule has 0 aliphatic heterocycles. The Kier molecular flexibility index (Phi) is 5.89. The molecule has 0 saturated carbocycles. The molecule has 24 heavy (non-hydrogen) atoms. The third-order valence-corrected chi connectivity index (χ3v) is 4.01. The lowest BCUT2D eigenvalue weighted by Crippen LogP contribution is -1.99. The maximum atomic E-state index is 6.32. The number of rotatable bonds is 7. The number of alkyl halides is 1. The summed E-state index contributed by atoms with van der Waals surface area (Å²) in [5.41, 5.74) is 2.68. The van der Waals surface area contributed by atoms with Crippen LogP contribution in [0.1, 0.15) is 22.3 Å². The second kappa shape index (κ2) is 8.53. The quantitative estimate of drug-likeness (QED) is 0.513. The largest absolute Gasteiger partial charge is 0.489 e. The molecule has 3 rings (SSSR count). The van der Waals surface area contributed by atoms with E-state index in [0.717, 1.165) is 22.4 Å². The number of hydrogen-bond acceptors (Lipinski definition) is 2. The van der Waals surface area contributed by atoms with Crippen molar-refractivity contribution in [3.63, 3.8) is 0 Å². The zero-order chi connectivity index (χ0) is 16.6. The lowest BCUT2D eigenvalue weighted by atomic mass is 10.2. The van der Waals surface area contributed by atoms with Crippen LogP contribution in [-0.2, 0) is 18.0 Å². The first-order chi connectivity index (χ1) is 11.8. The molecule has 3 aromatic rings. The highest BCUT2D eigenvalue weighted by atomic mass is 35.5. The van der Waals surface area contributed by atoms with Crippen molar-refractivity contribution in [2.24, 2.45) is 0 Å². The minimum atomic E-state index is -0.478. The zero-order valence-electron chi connectivity index (χ0n) is 13.3. The molecule has 0 spiro atoms. The molecule has 2 nitrogen and oxygen atoms in total. The Labute approximate surface area is 147 Å². The Balaban J connectivity index is 1.52. The van der Waals surface area contributed by atoms with Crippen molar-refractivity contribution >= 4 is 11.6 Å². The summed E-state index contributed by atoms with van der Waals surface area (Å²) in [6, 6.07) is 27.8. The second-order valence-electron chi connectivity index (χ2n) is 5.46. The van der Waals surface area contributed by atoms with E-state index in [1.165, 1.54) is 0 Å². The maximum Gasteiger partial charge on any atom is 0.157 e. The molecule has 1 unspecified atom stereocenters. The topological polar surface area (TPSA) is 18.5 Å². The van der Waals surface area contributed by atoms with Gasteiger partial charge in [0.05, 0.1) is 6.61 Å². The summed E-state index contributed by atoms with van der Waals surface area (Å²) in [6.45, 7) is 1.04. The predicted molar refractivity (Wildman–Crippen MR) is 97.0 cm³/mol. The van der Waals surface area contributed by atoms with E-state index in [1.54, 1.807) is 0 Å². The molecule has 0 bridgehead atoms. The molecule has 122 valence electrons. The van der Waals surface area contributed by atoms with Crippen molar-refractivity contribution in [2.75, 3.05) is 0 Å². The van der Waals surface area contributed by atoms with Gasteiger partial charge in [0.15, 0.2) is 5.56 Å². The van der Waals surface area contributed by atoms with Gasteiger partial charge in [-0.05, 0) is 28.8 Å². The van der Waals surface area contributed by atoms with Gasteiger partial charge < -0.3 is 9.47 Å². The van der Waals surface area contributed by atoms with Crippen molar-refractivity contribution in [3.8, 4) is 5.75 Å². The van der Waals surface area contributed by atoms with Gasteiger partial charge in [-0.15, -0.1) is 0 Å². The van der Waals surface area contributed by atoms with Gasteiger partial charge >= 0.3 is 0 Å². The highest BCUT2D eigenvalue weighted by Crippen LogP contribution is 2.25. The highest BCUT2D eigenvalue weighted by Gasteiger charge is 2.08. The van der Waals surface area contributed by atoms with Crippen LogP contribution < -0.4 is 4.74 Å². The highest BCUT2D eigenvalue weighted by molar-refractivity contribution is 6.19. The summed E-state index contributed by atoms with van der Waals surface area (Å²) >= 11 is 6.32. The number of benzene rings is 3. The Bertz CT molecular complexity index is 727. The first-order valence-electron chi connectivity index (χ1n) is 7.87. The summed E-state index contributed by atoms with van der Waals surface area (Å²) in [5.74, 6) is 0.814. The van der Waals surface area contributed by atoms with Crippen LogP contribution in [0.3, 0.4) is 0 Å². The van der Waals surface area contributed by atoms with Crippen molar-refractivity contribution in [2.45, 2.75) is 18.8 Å². The molecular formula is C21H19ClO2. The third-order valence-electron chi connectivity index (χ3n) is 3.63. The first-order valence-corrected chi connectivity index (χ1v) is 8.31. The second-order valence-corrected chi connectivity index (χ2v) is 5.85. The Hall–Kier alpha value is -2.29. The summed E-state index contributed by atoms with van der Waals surface area (Å²) in [7, 11) is 0. The lowest BCUT2D eigenvalue weighted by molar-refractivity contribution is 0.0943. The summed E-state index contributed by atoms with van der Waals surface area (Å²) in [5, 5.41) is 0. The minimum absolute atomic E-state index is 0.478. The molecule has 0 saturated heterocycles. The van der Waals surface area contributed by atoms with Crippen LogP contribution in [0.5, 0.6) is 5.75 Å². The molecule has 0 aliphatic rings. The van der Waals surface area contributed by atoms with Crippen LogP contribution in [0, 0.1) is 0 Å². The number of halogens is 1. The SMILES string of the molecule is ClC(OCc1ccccc1)c1ccc(OCc2ccccc2)cc1. The van der Waals surface area contributed by atoms with E-state index in [1.807, 2.05) is 84.9 Å². The van der Waals surface area contributed by atoms with Gasteiger partial charge in [0, 0.05) is 0 Å². The third kappa shape index (κ3) is 4.85. The summed E-state index contributed by atoms with van der Waals surface area (Å²) in [4.78, 5) is 0. The van der Waals surface area contributed by atoms with Crippen molar-refractivity contribution in [1.82, 2.24) is 0 Å². The average Bonchev–Trinajstić information content (AvgIpc) is 2.66. The van der Waals surface area contributed by atoms with Gasteiger partial charge in [0.2, 0.25) is 0 Å². The number of hydrogen-bond donors (Lipinski definition) is 0. The monoisotopic (exact) mass is 338 g/mol. The van der Waals surface area contributed by atoms with Gasteiger partial charge in [-0.3, -0.25) is 0 Å². The first kappa shape index (κ1) is 16.6. The van der Waals surface area contributed by atoms with E-state index in [4.69, 9.17) is 21.1 Å². The van der Waals surface area contributed by atoms with Crippen LogP contribution in [0.2, 0.25) is 0 Å². The standard InChI is InChI=1S/C21H19ClO2/c22-21(24-16-18-9-5-2-6-10-18)19-11-13-20(14-12-19)23-15-17-7-3-1-4-8-17/h1-14,21H,15-16H2. The molecular weight excluding hydrogens is 320 g/mol. The fourth-order valence-corrected chi connectivity index (χ4v) is 2.50. The molecule has 0 heterocycles. The molecule has 0 fully saturated rings. The summed E-state index contributed by atoms with van der Waals surface area (Å²) in [6.07, 6.45) is 0. The van der Waals surface area contributed by atoms with E-state index < -0.39 is 5.56 Å². The van der Waals surface area contributed by atoms with Crippen LogP contribution >= 0.6 is 11.6 Å². The minimum Gasteiger partial charge on any atom is -0.489 e. The smallest absolute Gasteiger partial charge is 0.157 e. The Morgan fingerprint density at radius 3 is 1.79 bits per heavy atom. The van der Waals surface area contributed by atoms with Crippen LogP contribution in [0.25, 0.3) is 0 Å². The fourth-order valence-electron chi connectivity index (χ4n) is 2.30. The Morgan fingerprint density at radius 1 is 0.667 bits per heavy atom. The average molecular weight is 339 g/mol. The maximum absolute atomic E-state index is 6.32. The predicted octanol–water partition coefficient (Wildman–Crippen LogP) is 5.72. The van der Waals surface area contributed by atoms with Crippen molar-refractivity contribution < 1.29 is 9.47 Å². The molecule has 1 atom stereocenters. The van der Waals surface area contributed by atoms with Crippen LogP contribution in [0.15, 0.2) is 84.9 Å². The van der Waals surface area contributed by atoms with Crippen molar-refractivity contribution in [1.29, 1.82) is 0 Å². The van der Waals surface area contributed by atoms with Gasteiger partial charge in [-0.25, -0.2) is 0 Å². The van der Waals surface area contributed by atoms with E-state index >= 15 is 0 Å². The Morgan fingerprint density at radius 2 is 1.21 bits per heavy atom. The van der Waals surface area contributed by atoms with Crippen LogP contribution in [0.4, 0.5) is 0 Å². The molecule has 0 amide bonds. The van der Waals surface area contributed by atoms with Crippen LogP contribution in [-0.4, -0.2) is 0 Å². The molecule has 0 radical (unpaired) electrons. The fraction of sp³-hybridized carbons (Fsp3) is 0.143. The van der Waals surface area contributed by atoms with Gasteiger partial charge in [0.25, 0.3) is 0 Å².